The Morgan fingerprint density at radius 2 is 0.740 bits per heavy atom. The van der Waals surface area contributed by atoms with Gasteiger partial charge in [0.2, 0.25) is 0 Å². The van der Waals surface area contributed by atoms with E-state index in [2.05, 4.69) is 135 Å². The van der Waals surface area contributed by atoms with Crippen molar-refractivity contribution in [2.24, 2.45) is 0 Å². The molecule has 0 saturated carbocycles. The van der Waals surface area contributed by atoms with E-state index < -0.39 is 24.3 Å². The fraction of sp³-hybridized carbons (Fsp3) is 0.641. The average Bonchev–Trinajstić information content (AvgIpc) is 3.36. The summed E-state index contributed by atoms with van der Waals surface area (Å²) < 4.78 is 22.8. The van der Waals surface area contributed by atoms with Crippen molar-refractivity contribution in [2.45, 2.75) is 219 Å². The molecule has 0 aromatic rings. The molecule has 0 saturated heterocycles. The Morgan fingerprint density at radius 3 is 1.12 bits per heavy atom. The van der Waals surface area contributed by atoms with Gasteiger partial charge in [-0.15, -0.1) is 0 Å². The maximum absolute atomic E-state index is 12.8. The Balaban J connectivity index is 4.32. The smallest absolute Gasteiger partial charge is 0.361 e. The second-order valence-electron chi connectivity index (χ2n) is 19.8. The quantitative estimate of drug-likeness (QED) is 0.0211. The molecule has 9 heteroatoms. The molecule has 0 spiro atoms. The summed E-state index contributed by atoms with van der Waals surface area (Å²) >= 11 is 0. The molecule has 1 N–H and O–H groups in total. The minimum absolute atomic E-state index is 0.173. The maximum atomic E-state index is 12.8. The number of likely N-dealkylation sites (N-methyl/N-ethyl adjacent to an activating group) is 1. The zero-order valence-corrected chi connectivity index (χ0v) is 47.0. The predicted molar refractivity (Wildman–Crippen MR) is 308 cm³/mol. The molecule has 0 heterocycles. The summed E-state index contributed by atoms with van der Waals surface area (Å²) in [5.74, 6) is -2.08. The van der Waals surface area contributed by atoms with E-state index in [0.717, 1.165) is 96.3 Å². The number of hydrogen-bond donors (Lipinski definition) is 1. The molecule has 414 valence electrons. The summed E-state index contributed by atoms with van der Waals surface area (Å²) in [6, 6.07) is 0. The first-order valence-electron chi connectivity index (χ1n) is 28.7. The Kier molecular flexibility index (Phi) is 50.8. The van der Waals surface area contributed by atoms with Gasteiger partial charge in [0.05, 0.1) is 34.4 Å². The monoisotopic (exact) mass is 1020 g/mol. The molecule has 0 aromatic heterocycles. The number of aliphatic carboxylic acids is 1. The summed E-state index contributed by atoms with van der Waals surface area (Å²) in [5.41, 5.74) is 0. The zero-order valence-electron chi connectivity index (χ0n) is 47.0. The molecule has 0 fully saturated rings. The molecule has 0 amide bonds. The van der Waals surface area contributed by atoms with Crippen LogP contribution in [0.3, 0.4) is 0 Å². The lowest BCUT2D eigenvalue weighted by Crippen LogP contribution is -2.40. The molecule has 2 unspecified atom stereocenters. The molecule has 0 rings (SSSR count). The van der Waals surface area contributed by atoms with E-state index in [1.165, 1.54) is 77.0 Å². The van der Waals surface area contributed by atoms with Gasteiger partial charge in [0.25, 0.3) is 6.29 Å². The van der Waals surface area contributed by atoms with Crippen LogP contribution in [0.4, 0.5) is 0 Å². The first-order valence-corrected chi connectivity index (χ1v) is 28.7. The number of quaternary nitrogens is 1. The molecule has 73 heavy (non-hydrogen) atoms. The van der Waals surface area contributed by atoms with E-state index in [1.807, 2.05) is 21.1 Å². The van der Waals surface area contributed by atoms with Crippen molar-refractivity contribution in [3.63, 3.8) is 0 Å². The molecule has 0 aliphatic carbocycles. The molecule has 0 bridgehead atoms. The summed E-state index contributed by atoms with van der Waals surface area (Å²) in [7, 11) is 5.94. The molecule has 0 radical (unpaired) electrons. The van der Waals surface area contributed by atoms with Crippen molar-refractivity contribution < 1.29 is 42.9 Å². The highest BCUT2D eigenvalue weighted by Gasteiger charge is 2.25. The van der Waals surface area contributed by atoms with Gasteiger partial charge in [-0.2, -0.15) is 0 Å². The van der Waals surface area contributed by atoms with E-state index >= 15 is 0 Å². The molecule has 0 aliphatic heterocycles. The lowest BCUT2D eigenvalue weighted by molar-refractivity contribution is -0.870. The van der Waals surface area contributed by atoms with Crippen LogP contribution < -0.4 is 0 Å². The Morgan fingerprint density at radius 1 is 0.411 bits per heavy atom. The van der Waals surface area contributed by atoms with Crippen molar-refractivity contribution >= 4 is 17.9 Å². The van der Waals surface area contributed by atoms with Crippen LogP contribution in [0.2, 0.25) is 0 Å². The average molecular weight is 1020 g/mol. The number of rotatable bonds is 51. The molecular formula is C64H106NO8+. The fourth-order valence-electron chi connectivity index (χ4n) is 7.36. The normalized spacial score (nSPS) is 13.7. The van der Waals surface area contributed by atoms with Crippen molar-refractivity contribution in [3.05, 3.63) is 122 Å². The largest absolute Gasteiger partial charge is 0.477 e. The van der Waals surface area contributed by atoms with Crippen molar-refractivity contribution in [1.82, 2.24) is 0 Å². The van der Waals surface area contributed by atoms with Gasteiger partial charge in [-0.25, -0.2) is 4.79 Å². The topological polar surface area (TPSA) is 108 Å². The minimum atomic E-state index is -1.53. The molecule has 0 aromatic carbocycles. The molecule has 2 atom stereocenters. The van der Waals surface area contributed by atoms with Crippen LogP contribution in [0.5, 0.6) is 0 Å². The highest BCUT2D eigenvalue weighted by molar-refractivity contribution is 5.71. The highest BCUT2D eigenvalue weighted by atomic mass is 16.7. The van der Waals surface area contributed by atoms with E-state index in [0.29, 0.717) is 17.4 Å². The molecule has 9 nitrogen and oxygen atoms in total. The Bertz CT molecular complexity index is 1610. The lowest BCUT2D eigenvalue weighted by atomic mass is 10.0. The van der Waals surface area contributed by atoms with Crippen molar-refractivity contribution in [3.8, 4) is 0 Å². The third kappa shape index (κ3) is 55.3. The van der Waals surface area contributed by atoms with Gasteiger partial charge < -0.3 is 28.5 Å². The maximum Gasteiger partial charge on any atom is 0.361 e. The number of unbranched alkanes of at least 4 members (excludes halogenated alkanes) is 16. The van der Waals surface area contributed by atoms with Gasteiger partial charge in [0.15, 0.2) is 6.10 Å². The van der Waals surface area contributed by atoms with Gasteiger partial charge >= 0.3 is 17.9 Å². The van der Waals surface area contributed by atoms with Crippen LogP contribution in [0.15, 0.2) is 122 Å². The Labute approximate surface area is 447 Å². The van der Waals surface area contributed by atoms with Gasteiger partial charge in [-0.05, 0) is 103 Å². The number of ether oxygens (including phenoxy) is 4. The number of carbonyl (C=O) groups is 3. The number of carboxylic acids is 1. The van der Waals surface area contributed by atoms with Gasteiger partial charge in [0.1, 0.15) is 13.2 Å². The van der Waals surface area contributed by atoms with Crippen LogP contribution >= 0.6 is 0 Å². The van der Waals surface area contributed by atoms with Crippen LogP contribution in [-0.4, -0.2) is 87.4 Å². The standard InChI is InChI=1S/C64H105NO8/c1-6-8-10-12-14-16-18-20-22-24-26-28-29-30-31-32-33-35-36-38-40-42-44-46-48-50-52-54-61(66)71-58-60(59-72-64(63(68)69)70-57-56-65(3,4)5)73-62(67)55-53-51-49-47-45-43-41-39-37-34-27-25-23-21-19-17-15-13-11-9-7-2/h8-11,14-17,20-23,26-28,34,39,41,45,47,60,64H,6-7,12-13,18-19,24-25,29-33,35-38,40,42-44,46,48-59H2,1-5H3/p+1/b10-8-,11-9-,16-14-,17-15-,22-20-,23-21-,28-26-,34-27-,41-39-,47-45-. The number of carboxylic acid groups (broad SMARTS) is 1. The van der Waals surface area contributed by atoms with Gasteiger partial charge in [-0.3, -0.25) is 9.59 Å². The number of nitrogens with zero attached hydrogens (tertiary/aromatic N) is 1. The second kappa shape index (κ2) is 54.0. The van der Waals surface area contributed by atoms with E-state index in [1.54, 1.807) is 0 Å². The van der Waals surface area contributed by atoms with E-state index in [4.69, 9.17) is 18.9 Å². The molecular weight excluding hydrogens is 911 g/mol. The van der Waals surface area contributed by atoms with Gasteiger partial charge in [0, 0.05) is 12.8 Å². The van der Waals surface area contributed by atoms with Crippen molar-refractivity contribution in [1.29, 1.82) is 0 Å². The van der Waals surface area contributed by atoms with E-state index in [9.17, 15) is 19.5 Å². The van der Waals surface area contributed by atoms with Crippen LogP contribution in [-0.2, 0) is 33.3 Å². The second-order valence-corrected chi connectivity index (χ2v) is 19.8. The number of allylic oxidation sites excluding steroid dienone is 20. The first-order chi connectivity index (χ1) is 35.6. The SMILES string of the molecule is CC/C=C\C/C=C\C/C=C\C/C=C\C/C=C\C/C=C\CCCCC(=O)OC(COC(=O)CCCCCCCCCCCCCCCC/C=C\C/C=C\C/C=C\C/C=C\CC)COC(OCC[N+](C)(C)C)C(=O)O. The Hall–Kier alpha value is -4.31. The van der Waals surface area contributed by atoms with Gasteiger partial charge in [-0.1, -0.05) is 212 Å². The lowest BCUT2D eigenvalue weighted by Gasteiger charge is -2.25. The summed E-state index contributed by atoms with van der Waals surface area (Å²) in [4.78, 5) is 37.4. The van der Waals surface area contributed by atoms with Crippen LogP contribution in [0, 0.1) is 0 Å². The van der Waals surface area contributed by atoms with E-state index in [-0.39, 0.29) is 38.6 Å². The highest BCUT2D eigenvalue weighted by Crippen LogP contribution is 2.15. The zero-order chi connectivity index (χ0) is 53.4. The summed E-state index contributed by atoms with van der Waals surface area (Å²) in [5, 5.41) is 9.70. The number of esters is 2. The van der Waals surface area contributed by atoms with Crippen LogP contribution in [0.1, 0.15) is 206 Å². The van der Waals surface area contributed by atoms with Crippen LogP contribution in [0.25, 0.3) is 0 Å². The third-order valence-electron chi connectivity index (χ3n) is 11.7. The number of carbonyl (C=O) groups excluding carboxylic acids is 2. The van der Waals surface area contributed by atoms with Crippen molar-refractivity contribution in [2.75, 3.05) is 47.5 Å². The minimum Gasteiger partial charge on any atom is -0.477 e. The molecule has 0 aliphatic rings. The first kappa shape index (κ1) is 68.7. The summed E-state index contributed by atoms with van der Waals surface area (Å²) in [6.45, 7) is 4.59. The predicted octanol–water partition coefficient (Wildman–Crippen LogP) is 16.9. The summed E-state index contributed by atoms with van der Waals surface area (Å²) in [6.07, 6.45) is 72.8. The fourth-order valence-corrected chi connectivity index (χ4v) is 7.36. The third-order valence-corrected chi connectivity index (χ3v) is 11.7. The number of hydrogen-bond acceptors (Lipinski definition) is 7.